The minimum absolute atomic E-state index is 0.190. The number of hydrogen-bond acceptors (Lipinski definition) is 3. The molecule has 19 heavy (non-hydrogen) atoms. The molecular weight excluding hydrogens is 309 g/mol. The number of halogens is 2. The first-order chi connectivity index (χ1) is 8.85. The van der Waals surface area contributed by atoms with E-state index in [1.54, 1.807) is 6.92 Å². The molecule has 0 unspecified atom stereocenters. The van der Waals surface area contributed by atoms with E-state index in [2.05, 4.69) is 16.2 Å². The lowest BCUT2D eigenvalue weighted by Crippen LogP contribution is -2.50. The van der Waals surface area contributed by atoms with E-state index in [1.807, 2.05) is 0 Å². The number of carbonyl (C=O) groups excluding carboxylic acids is 1. The Balaban J connectivity index is 1.65. The maximum atomic E-state index is 11.9. The summed E-state index contributed by atoms with van der Waals surface area (Å²) in [6.07, 6.45) is 2.73. The number of thiocarbonyl (C=S) groups is 1. The average molecular weight is 326 g/mol. The van der Waals surface area contributed by atoms with Crippen molar-refractivity contribution < 1.29 is 9.53 Å². The second-order valence-electron chi connectivity index (χ2n) is 5.14. The molecule has 1 saturated carbocycles. The molecular formula is C11H17Cl2N3O2S. The Morgan fingerprint density at radius 1 is 1.47 bits per heavy atom. The number of hydrazine groups is 1. The van der Waals surface area contributed by atoms with Gasteiger partial charge in [0.25, 0.3) is 0 Å². The molecule has 0 aromatic rings. The molecule has 2 fully saturated rings. The number of ether oxygens (including phenoxy) is 1. The molecule has 1 saturated heterocycles. The van der Waals surface area contributed by atoms with Gasteiger partial charge in [-0.2, -0.15) is 0 Å². The van der Waals surface area contributed by atoms with Gasteiger partial charge < -0.3 is 10.1 Å². The van der Waals surface area contributed by atoms with Crippen LogP contribution in [0.1, 0.15) is 26.2 Å². The van der Waals surface area contributed by atoms with Crippen molar-refractivity contribution in [1.82, 2.24) is 16.2 Å². The summed E-state index contributed by atoms with van der Waals surface area (Å²) in [4.78, 5) is 11.9. The lowest BCUT2D eigenvalue weighted by molar-refractivity contribution is -0.126. The number of carbonyl (C=O) groups is 1. The predicted molar refractivity (Wildman–Crippen MR) is 78.0 cm³/mol. The zero-order valence-corrected chi connectivity index (χ0v) is 12.9. The first-order valence-electron chi connectivity index (χ1n) is 6.19. The number of alkyl halides is 2. The molecule has 1 aliphatic carbocycles. The van der Waals surface area contributed by atoms with Gasteiger partial charge in [0, 0.05) is 13.2 Å². The van der Waals surface area contributed by atoms with E-state index in [0.29, 0.717) is 18.1 Å². The highest BCUT2D eigenvalue weighted by atomic mass is 35.5. The summed E-state index contributed by atoms with van der Waals surface area (Å²) in [5, 5.41) is 3.34. The Labute approximate surface area is 127 Å². The van der Waals surface area contributed by atoms with Crippen LogP contribution in [0.5, 0.6) is 0 Å². The number of amides is 1. The first-order valence-corrected chi connectivity index (χ1v) is 7.35. The van der Waals surface area contributed by atoms with Crippen LogP contribution in [0.4, 0.5) is 0 Å². The molecule has 0 spiro atoms. The van der Waals surface area contributed by atoms with Crippen molar-refractivity contribution in [3.8, 4) is 0 Å². The molecule has 3 N–H and O–H groups in total. The Bertz CT molecular complexity index is 388. The van der Waals surface area contributed by atoms with Crippen molar-refractivity contribution >= 4 is 46.4 Å². The molecule has 0 bridgehead atoms. The fraction of sp³-hybridized carbons (Fsp3) is 0.818. The summed E-state index contributed by atoms with van der Waals surface area (Å²) in [6.45, 7) is 3.15. The van der Waals surface area contributed by atoms with Crippen molar-refractivity contribution in [2.24, 2.45) is 5.41 Å². The number of nitrogens with one attached hydrogen (secondary N) is 3. The number of rotatable bonds is 3. The van der Waals surface area contributed by atoms with Gasteiger partial charge in [0.15, 0.2) is 5.11 Å². The van der Waals surface area contributed by atoms with Gasteiger partial charge in [-0.05, 0) is 38.4 Å². The zero-order valence-electron chi connectivity index (χ0n) is 10.6. The van der Waals surface area contributed by atoms with Crippen LogP contribution >= 0.6 is 35.4 Å². The molecule has 2 aliphatic rings. The molecule has 0 aromatic carbocycles. The summed E-state index contributed by atoms with van der Waals surface area (Å²) in [6, 6.07) is 0. The van der Waals surface area contributed by atoms with Gasteiger partial charge in [0.05, 0.1) is 11.5 Å². The molecule has 108 valence electrons. The molecule has 2 rings (SSSR count). The van der Waals surface area contributed by atoms with Gasteiger partial charge in [-0.1, -0.05) is 0 Å². The minimum Gasteiger partial charge on any atom is -0.376 e. The maximum absolute atomic E-state index is 11.9. The van der Waals surface area contributed by atoms with Gasteiger partial charge in [0.2, 0.25) is 5.91 Å². The normalized spacial score (nSPS) is 31.6. The standard InChI is InChI=1S/C11H17Cl2N3O2S/c1-10(6-11(10,12)13)8(17)15-16-9(19)14-5-7-3-2-4-18-7/h7H,2-6H2,1H3,(H,15,17)(H2,14,16,19)/t7-,10-/m1/s1. The Morgan fingerprint density at radius 2 is 2.16 bits per heavy atom. The second-order valence-corrected chi connectivity index (χ2v) is 7.03. The molecule has 8 heteroatoms. The van der Waals surface area contributed by atoms with Crippen LogP contribution in [0.25, 0.3) is 0 Å². The molecule has 1 aliphatic heterocycles. The van der Waals surface area contributed by atoms with Crippen LogP contribution in [-0.2, 0) is 9.53 Å². The van der Waals surface area contributed by atoms with Gasteiger partial charge >= 0.3 is 0 Å². The van der Waals surface area contributed by atoms with Crippen LogP contribution in [0.15, 0.2) is 0 Å². The van der Waals surface area contributed by atoms with E-state index in [0.717, 1.165) is 19.4 Å². The molecule has 0 radical (unpaired) electrons. The quantitative estimate of drug-likeness (QED) is 0.414. The van der Waals surface area contributed by atoms with Gasteiger partial charge in [-0.15, -0.1) is 23.2 Å². The van der Waals surface area contributed by atoms with E-state index in [4.69, 9.17) is 40.2 Å². The molecule has 5 nitrogen and oxygen atoms in total. The highest BCUT2D eigenvalue weighted by Crippen LogP contribution is 2.63. The van der Waals surface area contributed by atoms with E-state index in [-0.39, 0.29) is 12.0 Å². The van der Waals surface area contributed by atoms with E-state index >= 15 is 0 Å². The average Bonchev–Trinajstić information content (AvgIpc) is 2.73. The summed E-state index contributed by atoms with van der Waals surface area (Å²) in [7, 11) is 0. The topological polar surface area (TPSA) is 62.4 Å². The molecule has 1 heterocycles. The van der Waals surface area contributed by atoms with Crippen molar-refractivity contribution in [2.75, 3.05) is 13.2 Å². The molecule has 0 aromatic heterocycles. The van der Waals surface area contributed by atoms with Crippen molar-refractivity contribution in [3.63, 3.8) is 0 Å². The van der Waals surface area contributed by atoms with E-state index in [9.17, 15) is 4.79 Å². The SMILES string of the molecule is C[C@]1(C(=O)NNC(=S)NC[C@H]2CCCO2)CC1(Cl)Cl. The minimum atomic E-state index is -0.981. The van der Waals surface area contributed by atoms with Crippen LogP contribution < -0.4 is 16.2 Å². The Hall–Kier alpha value is -0.300. The highest BCUT2D eigenvalue weighted by Gasteiger charge is 2.68. The fourth-order valence-corrected chi connectivity index (χ4v) is 2.79. The number of hydrogen-bond donors (Lipinski definition) is 3. The first kappa shape index (κ1) is 15.1. The summed E-state index contributed by atoms with van der Waals surface area (Å²) in [5.74, 6) is -0.265. The van der Waals surface area contributed by atoms with Crippen LogP contribution in [-0.4, -0.2) is 34.6 Å². The van der Waals surface area contributed by atoms with Crippen molar-refractivity contribution in [2.45, 2.75) is 36.6 Å². The highest BCUT2D eigenvalue weighted by molar-refractivity contribution is 7.80. The van der Waals surface area contributed by atoms with Crippen LogP contribution in [0.2, 0.25) is 0 Å². The largest absolute Gasteiger partial charge is 0.376 e. The van der Waals surface area contributed by atoms with Crippen molar-refractivity contribution in [1.29, 1.82) is 0 Å². The predicted octanol–water partition coefficient (Wildman–Crippen LogP) is 1.24. The van der Waals surface area contributed by atoms with Gasteiger partial charge in [-0.25, -0.2) is 0 Å². The Morgan fingerprint density at radius 3 is 2.68 bits per heavy atom. The Kier molecular flexibility index (Phi) is 4.45. The fourth-order valence-electron chi connectivity index (χ4n) is 1.95. The van der Waals surface area contributed by atoms with Crippen LogP contribution in [0.3, 0.4) is 0 Å². The second kappa shape index (κ2) is 5.60. The third kappa shape index (κ3) is 3.42. The van der Waals surface area contributed by atoms with Crippen molar-refractivity contribution in [3.05, 3.63) is 0 Å². The third-order valence-electron chi connectivity index (χ3n) is 3.56. The monoisotopic (exact) mass is 325 g/mol. The lowest BCUT2D eigenvalue weighted by Gasteiger charge is -2.16. The third-order valence-corrected chi connectivity index (χ3v) is 4.91. The van der Waals surface area contributed by atoms with Gasteiger partial charge in [-0.3, -0.25) is 15.6 Å². The van der Waals surface area contributed by atoms with Gasteiger partial charge in [0.1, 0.15) is 4.33 Å². The summed E-state index contributed by atoms with van der Waals surface area (Å²) >= 11 is 16.9. The van der Waals surface area contributed by atoms with E-state index < -0.39 is 9.75 Å². The maximum Gasteiger partial charge on any atom is 0.247 e. The smallest absolute Gasteiger partial charge is 0.247 e. The zero-order chi connectivity index (χ0) is 14.1. The molecule has 2 atom stereocenters. The molecule has 1 amide bonds. The lowest BCUT2D eigenvalue weighted by atomic mass is 10.1. The summed E-state index contributed by atoms with van der Waals surface area (Å²) in [5.41, 5.74) is 4.40. The van der Waals surface area contributed by atoms with Crippen LogP contribution in [0, 0.1) is 5.41 Å². The summed E-state index contributed by atoms with van der Waals surface area (Å²) < 4.78 is 4.47. The van der Waals surface area contributed by atoms with E-state index in [1.165, 1.54) is 0 Å².